The minimum atomic E-state index is 0.177. The molecule has 0 atom stereocenters. The van der Waals surface area contributed by atoms with Gasteiger partial charge in [-0.25, -0.2) is 0 Å². The third-order valence-corrected chi connectivity index (χ3v) is 4.00. The van der Waals surface area contributed by atoms with E-state index in [0.717, 1.165) is 5.56 Å². The first-order valence-electron chi connectivity index (χ1n) is 6.31. The van der Waals surface area contributed by atoms with Gasteiger partial charge >= 0.3 is 0 Å². The molecule has 0 amide bonds. The molecule has 1 aliphatic carbocycles. The topological polar surface area (TPSA) is 20.2 Å². The van der Waals surface area contributed by atoms with Crippen molar-refractivity contribution in [2.24, 2.45) is 5.41 Å². The number of benzene rings is 1. The van der Waals surface area contributed by atoms with E-state index in [-0.39, 0.29) is 6.61 Å². The summed E-state index contributed by atoms with van der Waals surface area (Å²) in [5.41, 5.74) is 3.01. The molecule has 0 radical (unpaired) electrons. The molecule has 16 heavy (non-hydrogen) atoms. The molecular formula is C15H22O. The summed E-state index contributed by atoms with van der Waals surface area (Å²) in [6.45, 7) is 4.90. The third kappa shape index (κ3) is 2.46. The summed E-state index contributed by atoms with van der Waals surface area (Å²) < 4.78 is 0. The van der Waals surface area contributed by atoms with Crippen molar-refractivity contribution in [2.75, 3.05) is 0 Å². The quantitative estimate of drug-likeness (QED) is 0.799. The Kier molecular flexibility index (Phi) is 3.34. The number of hydrogen-bond acceptors (Lipinski definition) is 1. The molecular weight excluding hydrogens is 196 g/mol. The second-order valence-electron chi connectivity index (χ2n) is 5.80. The van der Waals surface area contributed by atoms with E-state index in [1.54, 1.807) is 0 Å². The molecule has 0 heterocycles. The smallest absolute Gasteiger partial charge is 0.0684 e. The van der Waals surface area contributed by atoms with E-state index < -0.39 is 0 Å². The zero-order valence-corrected chi connectivity index (χ0v) is 10.4. The molecule has 0 spiro atoms. The SMILES string of the molecule is CC1(C)CCC(c2ccccc2CO)CC1. The van der Waals surface area contributed by atoms with E-state index in [4.69, 9.17) is 0 Å². The van der Waals surface area contributed by atoms with E-state index in [1.807, 2.05) is 6.07 Å². The summed E-state index contributed by atoms with van der Waals surface area (Å²) in [7, 11) is 0. The van der Waals surface area contributed by atoms with Gasteiger partial charge in [0.05, 0.1) is 6.61 Å². The Hall–Kier alpha value is -0.820. The average Bonchev–Trinajstić information content (AvgIpc) is 2.29. The minimum Gasteiger partial charge on any atom is -0.392 e. The van der Waals surface area contributed by atoms with Gasteiger partial charge in [0.25, 0.3) is 0 Å². The van der Waals surface area contributed by atoms with Gasteiger partial charge < -0.3 is 5.11 Å². The largest absolute Gasteiger partial charge is 0.392 e. The molecule has 1 aliphatic rings. The highest BCUT2D eigenvalue weighted by atomic mass is 16.3. The molecule has 1 nitrogen and oxygen atoms in total. The van der Waals surface area contributed by atoms with Crippen molar-refractivity contribution >= 4 is 0 Å². The molecule has 0 aliphatic heterocycles. The van der Waals surface area contributed by atoms with Gasteiger partial charge in [-0.3, -0.25) is 0 Å². The maximum Gasteiger partial charge on any atom is 0.0684 e. The van der Waals surface area contributed by atoms with Crippen LogP contribution in [-0.2, 0) is 6.61 Å². The Labute approximate surface area is 98.5 Å². The lowest BCUT2D eigenvalue weighted by Crippen LogP contribution is -2.20. The van der Waals surface area contributed by atoms with Gasteiger partial charge in [0.1, 0.15) is 0 Å². The zero-order chi connectivity index (χ0) is 11.6. The van der Waals surface area contributed by atoms with Crippen molar-refractivity contribution in [1.82, 2.24) is 0 Å². The van der Waals surface area contributed by atoms with Crippen molar-refractivity contribution in [2.45, 2.75) is 52.1 Å². The number of aliphatic hydroxyl groups is 1. The summed E-state index contributed by atoms with van der Waals surface area (Å²) in [5, 5.41) is 9.35. The normalized spacial score (nSPS) is 20.9. The van der Waals surface area contributed by atoms with Crippen LogP contribution in [-0.4, -0.2) is 5.11 Å². The van der Waals surface area contributed by atoms with Gasteiger partial charge in [0, 0.05) is 0 Å². The molecule has 0 aromatic heterocycles. The van der Waals surface area contributed by atoms with Crippen LogP contribution in [0.25, 0.3) is 0 Å². The Balaban J connectivity index is 2.14. The molecule has 1 saturated carbocycles. The van der Waals surface area contributed by atoms with Crippen LogP contribution in [0, 0.1) is 5.41 Å². The Morgan fingerprint density at radius 2 is 1.81 bits per heavy atom. The summed E-state index contributed by atoms with van der Waals surface area (Å²) >= 11 is 0. The highest BCUT2D eigenvalue weighted by Gasteiger charge is 2.28. The van der Waals surface area contributed by atoms with Crippen molar-refractivity contribution in [3.63, 3.8) is 0 Å². The van der Waals surface area contributed by atoms with E-state index in [9.17, 15) is 5.11 Å². The third-order valence-electron chi connectivity index (χ3n) is 4.00. The standard InChI is InChI=1S/C15H22O/c1-15(2)9-7-12(8-10-15)14-6-4-3-5-13(14)11-16/h3-6,12,16H,7-11H2,1-2H3. The van der Waals surface area contributed by atoms with Crippen LogP contribution in [0.5, 0.6) is 0 Å². The Morgan fingerprint density at radius 1 is 1.19 bits per heavy atom. The maximum atomic E-state index is 9.35. The predicted octanol–water partition coefficient (Wildman–Crippen LogP) is 3.86. The van der Waals surface area contributed by atoms with E-state index in [0.29, 0.717) is 11.3 Å². The maximum absolute atomic E-state index is 9.35. The molecule has 0 saturated heterocycles. The lowest BCUT2D eigenvalue weighted by atomic mass is 9.71. The molecule has 1 N–H and O–H groups in total. The highest BCUT2D eigenvalue weighted by Crippen LogP contribution is 2.43. The van der Waals surface area contributed by atoms with Gasteiger partial charge in [0.2, 0.25) is 0 Å². The van der Waals surface area contributed by atoms with Crippen molar-refractivity contribution in [1.29, 1.82) is 0 Å². The molecule has 0 unspecified atom stereocenters. The lowest BCUT2D eigenvalue weighted by molar-refractivity contribution is 0.221. The first kappa shape index (κ1) is 11.7. The monoisotopic (exact) mass is 218 g/mol. The fourth-order valence-corrected chi connectivity index (χ4v) is 2.79. The minimum absolute atomic E-state index is 0.177. The van der Waals surface area contributed by atoms with Gasteiger partial charge in [-0.1, -0.05) is 38.1 Å². The van der Waals surface area contributed by atoms with Crippen molar-refractivity contribution in [3.05, 3.63) is 35.4 Å². The van der Waals surface area contributed by atoms with Gasteiger partial charge in [-0.15, -0.1) is 0 Å². The van der Waals surface area contributed by atoms with Crippen LogP contribution in [0.1, 0.15) is 56.6 Å². The van der Waals surface area contributed by atoms with E-state index in [1.165, 1.54) is 31.2 Å². The summed E-state index contributed by atoms with van der Waals surface area (Å²) in [6, 6.07) is 8.35. The molecule has 1 heteroatoms. The van der Waals surface area contributed by atoms with Crippen LogP contribution in [0.15, 0.2) is 24.3 Å². The number of rotatable bonds is 2. The number of hydrogen-bond donors (Lipinski definition) is 1. The summed E-state index contributed by atoms with van der Waals surface area (Å²) in [4.78, 5) is 0. The second-order valence-corrected chi connectivity index (χ2v) is 5.80. The second kappa shape index (κ2) is 4.58. The van der Waals surface area contributed by atoms with Gasteiger partial charge in [-0.2, -0.15) is 0 Å². The van der Waals surface area contributed by atoms with Crippen molar-refractivity contribution in [3.8, 4) is 0 Å². The Morgan fingerprint density at radius 3 is 2.44 bits per heavy atom. The summed E-state index contributed by atoms with van der Waals surface area (Å²) in [5.74, 6) is 0.663. The number of aliphatic hydroxyl groups excluding tert-OH is 1. The summed E-state index contributed by atoms with van der Waals surface area (Å²) in [6.07, 6.45) is 5.14. The van der Waals surface area contributed by atoms with Gasteiger partial charge in [0.15, 0.2) is 0 Å². The fraction of sp³-hybridized carbons (Fsp3) is 0.600. The Bertz CT molecular complexity index is 344. The molecule has 88 valence electrons. The van der Waals surface area contributed by atoms with Crippen LogP contribution in [0.4, 0.5) is 0 Å². The molecule has 1 aromatic carbocycles. The lowest BCUT2D eigenvalue weighted by Gasteiger charge is -2.35. The first-order chi connectivity index (χ1) is 7.62. The molecule has 1 fully saturated rings. The van der Waals surface area contributed by atoms with Crippen LogP contribution >= 0.6 is 0 Å². The predicted molar refractivity (Wildman–Crippen MR) is 67.4 cm³/mol. The van der Waals surface area contributed by atoms with E-state index >= 15 is 0 Å². The van der Waals surface area contributed by atoms with Crippen LogP contribution in [0.3, 0.4) is 0 Å². The first-order valence-corrected chi connectivity index (χ1v) is 6.31. The molecule has 0 bridgehead atoms. The molecule has 2 rings (SSSR count). The van der Waals surface area contributed by atoms with Crippen LogP contribution in [0.2, 0.25) is 0 Å². The average molecular weight is 218 g/mol. The zero-order valence-electron chi connectivity index (χ0n) is 10.4. The fourth-order valence-electron chi connectivity index (χ4n) is 2.79. The van der Waals surface area contributed by atoms with E-state index in [2.05, 4.69) is 32.0 Å². The van der Waals surface area contributed by atoms with Crippen LogP contribution < -0.4 is 0 Å². The van der Waals surface area contributed by atoms with Crippen molar-refractivity contribution < 1.29 is 5.11 Å². The van der Waals surface area contributed by atoms with Gasteiger partial charge in [-0.05, 0) is 48.1 Å². The molecule has 1 aromatic rings. The highest BCUT2D eigenvalue weighted by molar-refractivity contribution is 5.30.